The van der Waals surface area contributed by atoms with Crippen LogP contribution < -0.4 is 0 Å². The summed E-state index contributed by atoms with van der Waals surface area (Å²) in [6.45, 7) is 4.00. The normalized spacial score (nSPS) is 15.9. The highest BCUT2D eigenvalue weighted by molar-refractivity contribution is 5.16. The van der Waals surface area contributed by atoms with Crippen molar-refractivity contribution in [1.29, 1.82) is 0 Å². The Morgan fingerprint density at radius 1 is 1.47 bits per heavy atom. The maximum Gasteiger partial charge on any atom is 0.0558 e. The van der Waals surface area contributed by atoms with E-state index in [1.807, 2.05) is 12.4 Å². The minimum Gasteiger partial charge on any atom is -0.395 e. The Kier molecular flexibility index (Phi) is 3.34. The number of aliphatic hydroxyl groups is 1. The second-order valence-corrected chi connectivity index (χ2v) is 4.30. The third-order valence-corrected chi connectivity index (χ3v) is 2.77. The van der Waals surface area contributed by atoms with Crippen LogP contribution in [0.2, 0.25) is 0 Å². The zero-order chi connectivity index (χ0) is 10.7. The first-order chi connectivity index (χ1) is 7.29. The third-order valence-electron chi connectivity index (χ3n) is 2.77. The summed E-state index contributed by atoms with van der Waals surface area (Å²) in [6.07, 6.45) is 6.34. The lowest BCUT2D eigenvalue weighted by Crippen LogP contribution is -2.28. The molecule has 1 fully saturated rings. The van der Waals surface area contributed by atoms with Crippen molar-refractivity contribution in [2.24, 2.45) is 0 Å². The molecule has 0 amide bonds. The van der Waals surface area contributed by atoms with E-state index >= 15 is 0 Å². The SMILES string of the molecule is Cc1cncc(CN(CCO)C2CC2)c1. The van der Waals surface area contributed by atoms with E-state index in [0.717, 1.165) is 13.1 Å². The molecule has 1 heterocycles. The molecule has 1 N–H and O–H groups in total. The molecular formula is C12H18N2O. The van der Waals surface area contributed by atoms with Gasteiger partial charge in [0.1, 0.15) is 0 Å². The highest BCUT2D eigenvalue weighted by atomic mass is 16.3. The Bertz CT molecular complexity index is 323. The van der Waals surface area contributed by atoms with Gasteiger partial charge in [-0.1, -0.05) is 6.07 Å². The van der Waals surface area contributed by atoms with Crippen LogP contribution in [0.5, 0.6) is 0 Å². The van der Waals surface area contributed by atoms with Gasteiger partial charge >= 0.3 is 0 Å². The van der Waals surface area contributed by atoms with Gasteiger partial charge < -0.3 is 5.11 Å². The summed E-state index contributed by atoms with van der Waals surface area (Å²) in [6, 6.07) is 2.86. The van der Waals surface area contributed by atoms with Gasteiger partial charge in [-0.15, -0.1) is 0 Å². The van der Waals surface area contributed by atoms with Crippen LogP contribution in [0, 0.1) is 6.92 Å². The second kappa shape index (κ2) is 4.73. The molecule has 1 aromatic rings. The van der Waals surface area contributed by atoms with E-state index < -0.39 is 0 Å². The minimum atomic E-state index is 0.246. The summed E-state index contributed by atoms with van der Waals surface area (Å²) < 4.78 is 0. The molecule has 0 aromatic carbocycles. The maximum absolute atomic E-state index is 8.99. The van der Waals surface area contributed by atoms with E-state index in [4.69, 9.17) is 5.11 Å². The zero-order valence-electron chi connectivity index (χ0n) is 9.19. The van der Waals surface area contributed by atoms with E-state index in [2.05, 4.69) is 22.9 Å². The van der Waals surface area contributed by atoms with Gasteiger partial charge in [0.05, 0.1) is 6.61 Å². The first-order valence-electron chi connectivity index (χ1n) is 5.55. The Morgan fingerprint density at radius 3 is 2.87 bits per heavy atom. The summed E-state index contributed by atoms with van der Waals surface area (Å²) in [5.74, 6) is 0. The Labute approximate surface area is 90.8 Å². The van der Waals surface area contributed by atoms with Gasteiger partial charge in [0.2, 0.25) is 0 Å². The number of aromatic nitrogens is 1. The van der Waals surface area contributed by atoms with Crippen molar-refractivity contribution >= 4 is 0 Å². The molecule has 15 heavy (non-hydrogen) atoms. The number of hydrogen-bond acceptors (Lipinski definition) is 3. The molecule has 2 rings (SSSR count). The standard InChI is InChI=1S/C12H18N2O/c1-10-6-11(8-13-7-10)9-14(4-5-15)12-2-3-12/h6-8,12,15H,2-5,9H2,1H3. The number of hydrogen-bond donors (Lipinski definition) is 1. The molecule has 3 heteroatoms. The highest BCUT2D eigenvalue weighted by Crippen LogP contribution is 2.27. The molecule has 1 aliphatic carbocycles. The fourth-order valence-corrected chi connectivity index (χ4v) is 1.90. The van der Waals surface area contributed by atoms with Crippen LogP contribution in [-0.4, -0.2) is 34.2 Å². The topological polar surface area (TPSA) is 36.4 Å². The predicted octanol–water partition coefficient (Wildman–Crippen LogP) is 1.35. The Hall–Kier alpha value is -0.930. The van der Waals surface area contributed by atoms with E-state index in [0.29, 0.717) is 6.04 Å². The molecule has 1 aromatic heterocycles. The van der Waals surface area contributed by atoms with Crippen LogP contribution in [0.25, 0.3) is 0 Å². The quantitative estimate of drug-likeness (QED) is 0.790. The van der Waals surface area contributed by atoms with Gasteiger partial charge in [0.25, 0.3) is 0 Å². The lowest BCUT2D eigenvalue weighted by Gasteiger charge is -2.20. The molecule has 0 saturated heterocycles. The maximum atomic E-state index is 8.99. The average Bonchev–Trinajstić information content (AvgIpc) is 3.00. The molecule has 0 unspecified atom stereocenters. The molecule has 0 atom stereocenters. The fraction of sp³-hybridized carbons (Fsp3) is 0.583. The predicted molar refractivity (Wildman–Crippen MR) is 59.5 cm³/mol. The van der Waals surface area contributed by atoms with E-state index in [1.165, 1.54) is 24.0 Å². The fourth-order valence-electron chi connectivity index (χ4n) is 1.90. The Balaban J connectivity index is 1.98. The van der Waals surface area contributed by atoms with Crippen LogP contribution in [0.4, 0.5) is 0 Å². The molecule has 0 radical (unpaired) electrons. The number of nitrogens with zero attached hydrogens (tertiary/aromatic N) is 2. The van der Waals surface area contributed by atoms with Gasteiger partial charge in [-0.25, -0.2) is 0 Å². The van der Waals surface area contributed by atoms with Crippen molar-refractivity contribution < 1.29 is 5.11 Å². The first-order valence-corrected chi connectivity index (χ1v) is 5.55. The molecule has 0 aliphatic heterocycles. The Morgan fingerprint density at radius 2 is 2.27 bits per heavy atom. The molecule has 0 spiro atoms. The monoisotopic (exact) mass is 206 g/mol. The largest absolute Gasteiger partial charge is 0.395 e. The van der Waals surface area contributed by atoms with Crippen LogP contribution in [0.3, 0.4) is 0 Å². The van der Waals surface area contributed by atoms with Crippen molar-refractivity contribution in [3.05, 3.63) is 29.6 Å². The average molecular weight is 206 g/mol. The summed E-state index contributed by atoms with van der Waals surface area (Å²) in [5, 5.41) is 8.99. The third kappa shape index (κ3) is 3.01. The zero-order valence-corrected chi connectivity index (χ0v) is 9.19. The second-order valence-electron chi connectivity index (χ2n) is 4.30. The summed E-state index contributed by atoms with van der Waals surface area (Å²) >= 11 is 0. The van der Waals surface area contributed by atoms with Gasteiger partial charge in [0, 0.05) is 31.5 Å². The first kappa shape index (κ1) is 10.6. The van der Waals surface area contributed by atoms with Crippen molar-refractivity contribution in [2.45, 2.75) is 32.4 Å². The van der Waals surface area contributed by atoms with Crippen LogP contribution >= 0.6 is 0 Å². The van der Waals surface area contributed by atoms with E-state index in [-0.39, 0.29) is 6.61 Å². The van der Waals surface area contributed by atoms with Crippen LogP contribution in [-0.2, 0) is 6.54 Å². The van der Waals surface area contributed by atoms with E-state index in [9.17, 15) is 0 Å². The summed E-state index contributed by atoms with van der Waals surface area (Å²) in [5.41, 5.74) is 2.45. The molecule has 0 bridgehead atoms. The van der Waals surface area contributed by atoms with E-state index in [1.54, 1.807) is 0 Å². The van der Waals surface area contributed by atoms with Gasteiger partial charge in [-0.05, 0) is 30.9 Å². The summed E-state index contributed by atoms with van der Waals surface area (Å²) in [4.78, 5) is 6.53. The lowest BCUT2D eigenvalue weighted by atomic mass is 10.2. The molecule has 82 valence electrons. The highest BCUT2D eigenvalue weighted by Gasteiger charge is 2.28. The van der Waals surface area contributed by atoms with Crippen LogP contribution in [0.15, 0.2) is 18.5 Å². The van der Waals surface area contributed by atoms with Gasteiger partial charge in [-0.2, -0.15) is 0 Å². The number of aliphatic hydroxyl groups excluding tert-OH is 1. The minimum absolute atomic E-state index is 0.246. The van der Waals surface area contributed by atoms with Crippen molar-refractivity contribution in [1.82, 2.24) is 9.88 Å². The van der Waals surface area contributed by atoms with Crippen molar-refractivity contribution in [3.8, 4) is 0 Å². The molecule has 1 saturated carbocycles. The smallest absolute Gasteiger partial charge is 0.0558 e. The van der Waals surface area contributed by atoms with Gasteiger partial charge in [-0.3, -0.25) is 9.88 Å². The molecular weight excluding hydrogens is 188 g/mol. The van der Waals surface area contributed by atoms with Crippen LogP contribution in [0.1, 0.15) is 24.0 Å². The van der Waals surface area contributed by atoms with Crippen molar-refractivity contribution in [3.63, 3.8) is 0 Å². The summed E-state index contributed by atoms with van der Waals surface area (Å²) in [7, 11) is 0. The number of pyridine rings is 1. The molecule has 1 aliphatic rings. The molecule has 3 nitrogen and oxygen atoms in total. The van der Waals surface area contributed by atoms with Gasteiger partial charge in [0.15, 0.2) is 0 Å². The lowest BCUT2D eigenvalue weighted by molar-refractivity contribution is 0.183. The van der Waals surface area contributed by atoms with Crippen molar-refractivity contribution in [2.75, 3.05) is 13.2 Å². The number of aryl methyl sites for hydroxylation is 1. The number of rotatable bonds is 5.